The summed E-state index contributed by atoms with van der Waals surface area (Å²) >= 11 is 0. The number of primary amides is 1. The zero-order valence-corrected chi connectivity index (χ0v) is 24.2. The first-order chi connectivity index (χ1) is 21.7. The van der Waals surface area contributed by atoms with Crippen LogP contribution in [0.5, 0.6) is 23.0 Å². The average Bonchev–Trinajstić information content (AvgIpc) is 3.05. The van der Waals surface area contributed by atoms with E-state index in [1.165, 1.54) is 42.5 Å². The summed E-state index contributed by atoms with van der Waals surface area (Å²) in [5.74, 6) is -2.54. The summed E-state index contributed by atoms with van der Waals surface area (Å²) < 4.78 is 31.6. The number of amides is 1. The van der Waals surface area contributed by atoms with Gasteiger partial charge in [0.05, 0.1) is 43.1 Å². The van der Waals surface area contributed by atoms with Crippen molar-refractivity contribution in [3.63, 3.8) is 0 Å². The van der Waals surface area contributed by atoms with Crippen LogP contribution < -0.4 is 24.7 Å². The van der Waals surface area contributed by atoms with Crippen molar-refractivity contribution < 1.29 is 52.4 Å². The van der Waals surface area contributed by atoms with Gasteiger partial charge in [0, 0.05) is 25.0 Å². The van der Waals surface area contributed by atoms with Gasteiger partial charge in [0.1, 0.15) is 23.0 Å². The molecular weight excluding hydrogens is 586 g/mol. The lowest BCUT2D eigenvalue weighted by Gasteiger charge is -2.11. The Hall–Kier alpha value is -5.91. The van der Waals surface area contributed by atoms with Crippen molar-refractivity contribution in [1.82, 2.24) is 0 Å². The predicted molar refractivity (Wildman–Crippen MR) is 160 cm³/mol. The van der Waals surface area contributed by atoms with Crippen LogP contribution >= 0.6 is 0 Å². The van der Waals surface area contributed by atoms with E-state index in [-0.39, 0.29) is 48.0 Å². The second-order valence-corrected chi connectivity index (χ2v) is 9.00. The molecule has 2 N–H and O–H groups in total. The van der Waals surface area contributed by atoms with Crippen LogP contribution in [0.2, 0.25) is 0 Å². The Bertz CT molecular complexity index is 1530. The van der Waals surface area contributed by atoms with Crippen LogP contribution in [-0.4, -0.2) is 56.2 Å². The van der Waals surface area contributed by atoms with Gasteiger partial charge in [-0.2, -0.15) is 0 Å². The van der Waals surface area contributed by atoms with Gasteiger partial charge in [0.25, 0.3) is 5.91 Å². The maximum absolute atomic E-state index is 12.7. The fourth-order valence-electron chi connectivity index (χ4n) is 3.51. The van der Waals surface area contributed by atoms with E-state index >= 15 is 0 Å². The average molecular weight is 618 g/mol. The van der Waals surface area contributed by atoms with Crippen LogP contribution in [0.3, 0.4) is 0 Å². The fraction of sp³-hybridized carbons (Fsp3) is 0.182. The van der Waals surface area contributed by atoms with Gasteiger partial charge in [-0.15, -0.1) is 0 Å². The number of carbonyl (C=O) groups is 5. The third-order valence-electron chi connectivity index (χ3n) is 5.75. The number of esters is 4. The van der Waals surface area contributed by atoms with Gasteiger partial charge in [-0.3, -0.25) is 4.79 Å². The maximum Gasteiger partial charge on any atom is 0.343 e. The molecule has 12 nitrogen and oxygen atoms in total. The fourth-order valence-corrected chi connectivity index (χ4v) is 3.51. The van der Waals surface area contributed by atoms with Crippen molar-refractivity contribution in [2.45, 2.75) is 12.8 Å². The Morgan fingerprint density at radius 3 is 1.49 bits per heavy atom. The molecule has 0 fully saturated rings. The van der Waals surface area contributed by atoms with Crippen molar-refractivity contribution in [2.24, 2.45) is 5.73 Å². The second kappa shape index (κ2) is 17.3. The summed E-state index contributed by atoms with van der Waals surface area (Å²) in [4.78, 5) is 59.5. The van der Waals surface area contributed by atoms with E-state index in [9.17, 15) is 24.0 Å². The minimum absolute atomic E-state index is 0.00348. The lowest BCUT2D eigenvalue weighted by Crippen LogP contribution is -2.17. The maximum atomic E-state index is 12.7. The van der Waals surface area contributed by atoms with Crippen LogP contribution in [-0.2, 0) is 19.1 Å². The van der Waals surface area contributed by atoms with Crippen molar-refractivity contribution in [3.05, 3.63) is 109 Å². The van der Waals surface area contributed by atoms with Crippen molar-refractivity contribution in [1.29, 1.82) is 0 Å². The molecule has 45 heavy (non-hydrogen) atoms. The normalized spacial score (nSPS) is 10.1. The molecule has 0 unspecified atom stereocenters. The van der Waals surface area contributed by atoms with Gasteiger partial charge in [0.2, 0.25) is 0 Å². The van der Waals surface area contributed by atoms with Crippen LogP contribution in [0.1, 0.15) is 43.9 Å². The predicted octanol–water partition coefficient (Wildman–Crippen LogP) is 4.22. The number of ether oxygens (including phenoxy) is 6. The van der Waals surface area contributed by atoms with E-state index in [2.05, 4.69) is 13.2 Å². The molecule has 0 aliphatic rings. The topological polar surface area (TPSA) is 167 Å². The molecule has 0 aliphatic carbocycles. The van der Waals surface area contributed by atoms with Gasteiger partial charge in [0.15, 0.2) is 0 Å². The van der Waals surface area contributed by atoms with Crippen LogP contribution in [0.4, 0.5) is 0 Å². The molecule has 0 saturated carbocycles. The molecule has 3 aromatic carbocycles. The Kier molecular flexibility index (Phi) is 12.9. The van der Waals surface area contributed by atoms with Crippen molar-refractivity contribution >= 4 is 29.8 Å². The third-order valence-corrected chi connectivity index (χ3v) is 5.75. The van der Waals surface area contributed by atoms with E-state index in [1.807, 2.05) is 0 Å². The molecule has 0 heterocycles. The monoisotopic (exact) mass is 617 g/mol. The number of nitrogens with two attached hydrogens (primary N) is 1. The van der Waals surface area contributed by atoms with Gasteiger partial charge >= 0.3 is 23.9 Å². The number of hydrogen-bond donors (Lipinski definition) is 1. The molecule has 234 valence electrons. The highest BCUT2D eigenvalue weighted by molar-refractivity contribution is 5.99. The Balaban J connectivity index is 1.53. The molecule has 0 aromatic heterocycles. The first-order valence-corrected chi connectivity index (χ1v) is 13.6. The molecule has 0 bridgehead atoms. The van der Waals surface area contributed by atoms with Gasteiger partial charge in [-0.05, 0) is 66.7 Å². The number of hydrogen-bond acceptors (Lipinski definition) is 11. The zero-order chi connectivity index (χ0) is 32.6. The lowest BCUT2D eigenvalue weighted by atomic mass is 10.1. The van der Waals surface area contributed by atoms with Gasteiger partial charge in [-0.25, -0.2) is 19.2 Å². The highest BCUT2D eigenvalue weighted by atomic mass is 16.5. The Morgan fingerprint density at radius 2 is 1.04 bits per heavy atom. The highest BCUT2D eigenvalue weighted by Gasteiger charge is 2.18. The molecular formula is C33H31NO11. The lowest BCUT2D eigenvalue weighted by molar-refractivity contribution is -0.138. The van der Waals surface area contributed by atoms with E-state index in [4.69, 9.17) is 34.2 Å². The van der Waals surface area contributed by atoms with Gasteiger partial charge < -0.3 is 34.2 Å². The molecule has 0 saturated heterocycles. The first kappa shape index (κ1) is 33.6. The zero-order valence-electron chi connectivity index (χ0n) is 24.2. The summed E-state index contributed by atoms with van der Waals surface area (Å²) in [5.41, 5.74) is 5.70. The summed E-state index contributed by atoms with van der Waals surface area (Å²) in [7, 11) is 0. The minimum atomic E-state index is -0.904. The summed E-state index contributed by atoms with van der Waals surface area (Å²) in [5, 5.41) is 0. The minimum Gasteiger partial charge on any atom is -0.493 e. The Labute approximate surface area is 258 Å². The smallest absolute Gasteiger partial charge is 0.343 e. The van der Waals surface area contributed by atoms with E-state index in [0.717, 1.165) is 12.2 Å². The number of carbonyl (C=O) groups excluding carboxylic acids is 5. The first-order valence-electron chi connectivity index (χ1n) is 13.6. The molecule has 1 amide bonds. The second-order valence-electron chi connectivity index (χ2n) is 9.00. The quantitative estimate of drug-likeness (QED) is 0.0997. The van der Waals surface area contributed by atoms with Crippen LogP contribution in [0.25, 0.3) is 0 Å². The standard InChI is InChI=1S/C33H31NO11/c1-3-29(35)42-19-5-17-40-24-11-7-22(8-12-24)32(38)44-26-15-16-28(27(21-26)31(34)37)45-33(39)23-9-13-25(14-10-23)41-18-6-20-43-30(36)4-2/h3-4,7-16,21H,1-2,5-6,17-20H2,(H2,34,37). The SMILES string of the molecule is C=CC(=O)OCCCOc1ccc(C(=O)Oc2ccc(OC(=O)c3ccc(OCCCOC(=O)C=C)cc3)c(C(N)=O)c2)cc1. The van der Waals surface area contributed by atoms with Gasteiger partial charge in [-0.1, -0.05) is 13.2 Å². The van der Waals surface area contributed by atoms with E-state index in [1.54, 1.807) is 24.3 Å². The van der Waals surface area contributed by atoms with Crippen molar-refractivity contribution in [3.8, 4) is 23.0 Å². The Morgan fingerprint density at radius 1 is 0.600 bits per heavy atom. The van der Waals surface area contributed by atoms with Crippen molar-refractivity contribution in [2.75, 3.05) is 26.4 Å². The summed E-state index contributed by atoms with van der Waals surface area (Å²) in [6.07, 6.45) is 3.09. The molecule has 0 radical (unpaired) electrons. The molecule has 0 atom stereocenters. The summed E-state index contributed by atoms with van der Waals surface area (Å²) in [6, 6.07) is 16.1. The highest BCUT2D eigenvalue weighted by Crippen LogP contribution is 2.26. The number of rotatable bonds is 17. The third kappa shape index (κ3) is 11.0. The summed E-state index contributed by atoms with van der Waals surface area (Å²) in [6.45, 7) is 7.56. The molecule has 12 heteroatoms. The van der Waals surface area contributed by atoms with E-state index in [0.29, 0.717) is 30.9 Å². The molecule has 3 rings (SSSR count). The molecule has 0 aliphatic heterocycles. The molecule has 0 spiro atoms. The molecule has 3 aromatic rings. The number of benzene rings is 3. The van der Waals surface area contributed by atoms with Crippen LogP contribution in [0, 0.1) is 0 Å². The largest absolute Gasteiger partial charge is 0.493 e. The van der Waals surface area contributed by atoms with Crippen LogP contribution in [0.15, 0.2) is 92.0 Å². The van der Waals surface area contributed by atoms with E-state index < -0.39 is 29.8 Å².